The molecular weight excluding hydrogens is 709 g/mol. The highest BCUT2D eigenvalue weighted by Crippen LogP contribution is 2.47. The maximum absolute atomic E-state index is 4.51. The molecule has 4 heterocycles. The summed E-state index contributed by atoms with van der Waals surface area (Å²) in [5, 5.41) is 35.7. The van der Waals surface area contributed by atoms with E-state index < -0.39 is 5.41 Å². The smallest absolute Gasteiger partial charge is 0.0887 e. The second kappa shape index (κ2) is 17.3. The van der Waals surface area contributed by atoms with Crippen molar-refractivity contribution in [3.63, 3.8) is 0 Å². The van der Waals surface area contributed by atoms with Crippen LogP contribution in [-0.2, 0) is 5.41 Å². The van der Waals surface area contributed by atoms with Gasteiger partial charge in [0, 0.05) is 49.6 Å². The summed E-state index contributed by atoms with van der Waals surface area (Å²) in [6.07, 6.45) is 13.5. The van der Waals surface area contributed by atoms with E-state index in [2.05, 4.69) is 109 Å². The molecule has 4 aromatic carbocycles. The summed E-state index contributed by atoms with van der Waals surface area (Å²) in [4.78, 5) is 16.3. The van der Waals surface area contributed by atoms with Crippen LogP contribution >= 0.6 is 0 Å². The summed E-state index contributed by atoms with van der Waals surface area (Å²) in [5.74, 6) is 0. The van der Waals surface area contributed by atoms with Crippen LogP contribution in [0.3, 0.4) is 0 Å². The highest BCUT2D eigenvalue weighted by molar-refractivity contribution is 5.64. The van der Waals surface area contributed by atoms with Crippen LogP contribution in [-0.4, -0.2) is 19.9 Å². The molecule has 0 atom stereocenters. The average Bonchev–Trinajstić information content (AvgIpc) is 3.29. The fraction of sp³-hybridized carbons (Fsp3) is 0.0222. The van der Waals surface area contributed by atoms with Gasteiger partial charge in [0.1, 0.15) is 0 Å². The largest absolute Gasteiger partial charge is 0.265 e. The van der Waals surface area contributed by atoms with E-state index in [1.165, 1.54) is 0 Å². The minimum atomic E-state index is -0.830. The van der Waals surface area contributed by atoms with Gasteiger partial charge in [-0.3, -0.25) is 19.9 Å². The van der Waals surface area contributed by atoms with Crippen molar-refractivity contribution in [1.29, 1.82) is 0 Å². The molecule has 0 amide bonds. The molecule has 0 radical (unpaired) electrons. The Morgan fingerprint density at radius 1 is 0.211 bits per heavy atom. The van der Waals surface area contributed by atoms with Gasteiger partial charge in [-0.25, -0.2) is 0 Å². The molecule has 0 fully saturated rings. The molecule has 4 aromatic heterocycles. The van der Waals surface area contributed by atoms with Crippen LogP contribution in [0.25, 0.3) is 0 Å². The maximum Gasteiger partial charge on any atom is 0.0887 e. The van der Waals surface area contributed by atoms with Crippen LogP contribution in [0.5, 0.6) is 0 Å². The van der Waals surface area contributed by atoms with E-state index >= 15 is 0 Å². The van der Waals surface area contributed by atoms with Crippen LogP contribution in [0.4, 0.5) is 45.5 Å². The van der Waals surface area contributed by atoms with E-state index in [1.807, 2.05) is 97.1 Å². The van der Waals surface area contributed by atoms with Crippen LogP contribution < -0.4 is 0 Å². The lowest BCUT2D eigenvalue weighted by atomic mass is 9.65. The van der Waals surface area contributed by atoms with Gasteiger partial charge in [0.15, 0.2) is 0 Å². The van der Waals surface area contributed by atoms with Crippen molar-refractivity contribution in [1.82, 2.24) is 19.9 Å². The fourth-order valence-electron chi connectivity index (χ4n) is 6.22. The van der Waals surface area contributed by atoms with Crippen LogP contribution in [0.15, 0.2) is 236 Å². The first-order valence-corrected chi connectivity index (χ1v) is 17.9. The number of aromatic nitrogens is 4. The van der Waals surface area contributed by atoms with Gasteiger partial charge in [0.05, 0.1) is 50.9 Å². The van der Waals surface area contributed by atoms with Gasteiger partial charge in [-0.05, 0) is 119 Å². The number of benzene rings is 4. The number of nitrogens with zero attached hydrogens (tertiary/aromatic N) is 12. The first-order chi connectivity index (χ1) is 28.2. The Balaban J connectivity index is 1.25. The van der Waals surface area contributed by atoms with Crippen molar-refractivity contribution in [3.05, 3.63) is 217 Å². The predicted molar refractivity (Wildman–Crippen MR) is 218 cm³/mol. The molecule has 0 saturated carbocycles. The zero-order valence-corrected chi connectivity index (χ0v) is 30.3. The molecule has 272 valence electrons. The summed E-state index contributed by atoms with van der Waals surface area (Å²) >= 11 is 0. The van der Waals surface area contributed by atoms with E-state index in [4.69, 9.17) is 0 Å². The molecule has 0 aliphatic carbocycles. The third kappa shape index (κ3) is 8.66. The Labute approximate surface area is 328 Å². The topological polar surface area (TPSA) is 150 Å². The number of hydrogen-bond donors (Lipinski definition) is 0. The van der Waals surface area contributed by atoms with Crippen molar-refractivity contribution in [2.45, 2.75) is 5.41 Å². The molecular formula is C45H32N12. The van der Waals surface area contributed by atoms with Gasteiger partial charge in [-0.15, -0.1) is 0 Å². The zero-order chi connectivity index (χ0) is 38.5. The van der Waals surface area contributed by atoms with Crippen LogP contribution in [0.1, 0.15) is 22.3 Å². The second-order valence-electron chi connectivity index (χ2n) is 12.6. The molecule has 57 heavy (non-hydrogen) atoms. The number of pyridine rings is 4. The summed E-state index contributed by atoms with van der Waals surface area (Å²) in [5.41, 5.74) is 8.82. The predicted octanol–water partition coefficient (Wildman–Crippen LogP) is 13.3. The number of hydrogen-bond acceptors (Lipinski definition) is 12. The molecule has 0 spiro atoms. The normalized spacial score (nSPS) is 12.8. The molecule has 0 aliphatic heterocycles. The van der Waals surface area contributed by atoms with Crippen molar-refractivity contribution in [3.8, 4) is 0 Å². The summed E-state index contributed by atoms with van der Waals surface area (Å²) in [6.45, 7) is 0. The first-order valence-electron chi connectivity index (χ1n) is 17.9. The molecule has 0 N–H and O–H groups in total. The van der Waals surface area contributed by atoms with Crippen molar-refractivity contribution in [2.24, 2.45) is 40.9 Å². The highest BCUT2D eigenvalue weighted by atomic mass is 15.1. The molecule has 0 aliphatic rings. The van der Waals surface area contributed by atoms with Gasteiger partial charge < -0.3 is 0 Å². The molecule has 8 rings (SSSR count). The van der Waals surface area contributed by atoms with Crippen molar-refractivity contribution >= 4 is 45.5 Å². The summed E-state index contributed by atoms with van der Waals surface area (Å²) < 4.78 is 0. The van der Waals surface area contributed by atoms with Crippen molar-refractivity contribution < 1.29 is 0 Å². The Bertz CT molecular complexity index is 2240. The van der Waals surface area contributed by atoms with E-state index in [0.29, 0.717) is 45.5 Å². The standard InChI is InChI=1S/C45H32N12/c1-9-37(50-54-41-17-25-46-26-18-41)10-2-33(1)45(34-3-11-38(12-4-34)51-55-42-19-27-47-28-20-42,35-5-13-39(14-6-35)52-56-43-21-29-48-30-22-43)36-7-15-40(16-8-36)53-57-44-23-31-49-32-24-44/h1-32H. The fourth-order valence-corrected chi connectivity index (χ4v) is 6.22. The summed E-state index contributed by atoms with van der Waals surface area (Å²) in [6, 6.07) is 47.0. The van der Waals surface area contributed by atoms with Gasteiger partial charge in [0.2, 0.25) is 0 Å². The Hall–Kier alpha value is -8.12. The van der Waals surface area contributed by atoms with E-state index in [9.17, 15) is 0 Å². The maximum atomic E-state index is 4.51. The number of azo groups is 4. The van der Waals surface area contributed by atoms with Gasteiger partial charge >= 0.3 is 0 Å². The third-order valence-corrected chi connectivity index (χ3v) is 8.98. The molecule has 0 saturated heterocycles. The average molecular weight is 741 g/mol. The molecule has 0 unspecified atom stereocenters. The molecule has 0 bridgehead atoms. The Morgan fingerprint density at radius 3 is 0.544 bits per heavy atom. The lowest BCUT2D eigenvalue weighted by Crippen LogP contribution is -2.30. The van der Waals surface area contributed by atoms with Crippen LogP contribution in [0, 0.1) is 0 Å². The minimum absolute atomic E-state index is 0.704. The van der Waals surface area contributed by atoms with Crippen molar-refractivity contribution in [2.75, 3.05) is 0 Å². The van der Waals surface area contributed by atoms with Gasteiger partial charge in [-0.2, -0.15) is 40.9 Å². The molecule has 8 aromatic rings. The van der Waals surface area contributed by atoms with Crippen LogP contribution in [0.2, 0.25) is 0 Å². The third-order valence-electron chi connectivity index (χ3n) is 8.98. The van der Waals surface area contributed by atoms with E-state index in [1.54, 1.807) is 49.6 Å². The minimum Gasteiger partial charge on any atom is -0.265 e. The highest BCUT2D eigenvalue weighted by Gasteiger charge is 2.38. The first kappa shape index (κ1) is 35.9. The second-order valence-corrected chi connectivity index (χ2v) is 12.6. The number of rotatable bonds is 12. The Morgan fingerprint density at radius 2 is 0.368 bits per heavy atom. The lowest BCUT2D eigenvalue weighted by Gasteiger charge is -2.37. The molecule has 12 heteroatoms. The monoisotopic (exact) mass is 740 g/mol. The van der Waals surface area contributed by atoms with Gasteiger partial charge in [0.25, 0.3) is 0 Å². The Kier molecular flexibility index (Phi) is 10.9. The van der Waals surface area contributed by atoms with Gasteiger partial charge in [-0.1, -0.05) is 48.5 Å². The SMILES string of the molecule is c1cc(N=Nc2ccc(C(c3ccc(N=Nc4ccncc4)cc3)(c3ccc(N=Nc4ccncc4)cc3)c3ccc(N=Nc4ccncc4)cc3)cc2)ccn1. The zero-order valence-electron chi connectivity index (χ0n) is 30.3. The van der Waals surface area contributed by atoms with E-state index in [-0.39, 0.29) is 0 Å². The lowest BCUT2D eigenvalue weighted by molar-refractivity contribution is 0.745. The quantitative estimate of drug-likeness (QED) is 0.0904. The molecule has 12 nitrogen and oxygen atoms in total. The van der Waals surface area contributed by atoms with E-state index in [0.717, 1.165) is 22.3 Å². The summed E-state index contributed by atoms with van der Waals surface area (Å²) in [7, 11) is 0.